The lowest BCUT2D eigenvalue weighted by molar-refractivity contribution is -0.135. The van der Waals surface area contributed by atoms with Gasteiger partial charge in [-0.15, -0.1) is 0 Å². The number of benzene rings is 1. The Labute approximate surface area is 127 Å². The number of anilines is 1. The highest BCUT2D eigenvalue weighted by molar-refractivity contribution is 6.30. The first-order valence-electron chi connectivity index (χ1n) is 6.44. The van der Waals surface area contributed by atoms with Gasteiger partial charge in [-0.2, -0.15) is 0 Å². The van der Waals surface area contributed by atoms with Gasteiger partial charge in [-0.1, -0.05) is 17.7 Å². The molecule has 21 heavy (non-hydrogen) atoms. The summed E-state index contributed by atoms with van der Waals surface area (Å²) in [6.07, 6.45) is 1.68. The molecule has 0 saturated heterocycles. The average molecular weight is 307 g/mol. The van der Waals surface area contributed by atoms with Gasteiger partial charge in [0.25, 0.3) is 5.56 Å². The highest BCUT2D eigenvalue weighted by atomic mass is 35.5. The lowest BCUT2D eigenvalue weighted by Gasteiger charge is -2.23. The van der Waals surface area contributed by atoms with E-state index < -0.39 is 5.97 Å². The number of hydrogen-bond donors (Lipinski definition) is 1. The quantitative estimate of drug-likeness (QED) is 0.887. The summed E-state index contributed by atoms with van der Waals surface area (Å²) in [5.41, 5.74) is 0.648. The second kappa shape index (κ2) is 6.95. The van der Waals surface area contributed by atoms with E-state index in [1.807, 2.05) is 0 Å². The van der Waals surface area contributed by atoms with Crippen LogP contribution in [0.15, 0.2) is 53.5 Å². The molecule has 0 aliphatic carbocycles. The van der Waals surface area contributed by atoms with Crippen LogP contribution in [0.2, 0.25) is 5.02 Å². The van der Waals surface area contributed by atoms with Crippen molar-refractivity contribution in [3.8, 4) is 0 Å². The van der Waals surface area contributed by atoms with Gasteiger partial charge in [-0.3, -0.25) is 9.59 Å². The van der Waals surface area contributed by atoms with Crippen LogP contribution in [-0.4, -0.2) is 28.7 Å². The first kappa shape index (κ1) is 15.1. The van der Waals surface area contributed by atoms with Crippen LogP contribution in [0.1, 0.15) is 0 Å². The fourth-order valence-electron chi connectivity index (χ4n) is 1.99. The molecule has 0 aliphatic rings. The molecule has 1 N–H and O–H groups in total. The van der Waals surface area contributed by atoms with Crippen molar-refractivity contribution in [1.29, 1.82) is 0 Å². The maximum absolute atomic E-state index is 11.6. The van der Waals surface area contributed by atoms with E-state index in [-0.39, 0.29) is 12.1 Å². The predicted octanol–water partition coefficient (Wildman–Crippen LogP) is 2.09. The van der Waals surface area contributed by atoms with E-state index in [4.69, 9.17) is 16.7 Å². The Hall–Kier alpha value is -2.27. The Balaban J connectivity index is 2.13. The van der Waals surface area contributed by atoms with E-state index in [9.17, 15) is 9.59 Å². The van der Waals surface area contributed by atoms with Gasteiger partial charge in [0, 0.05) is 36.1 Å². The van der Waals surface area contributed by atoms with Crippen molar-refractivity contribution in [1.82, 2.24) is 4.57 Å². The van der Waals surface area contributed by atoms with Gasteiger partial charge >= 0.3 is 5.97 Å². The molecule has 0 spiro atoms. The summed E-state index contributed by atoms with van der Waals surface area (Å²) in [5, 5.41) is 9.61. The molecule has 0 atom stereocenters. The summed E-state index contributed by atoms with van der Waals surface area (Å²) in [7, 11) is 0. The first-order valence-corrected chi connectivity index (χ1v) is 6.82. The molecule has 2 aromatic rings. The van der Waals surface area contributed by atoms with Crippen molar-refractivity contribution >= 4 is 23.3 Å². The predicted molar refractivity (Wildman–Crippen MR) is 82.0 cm³/mol. The van der Waals surface area contributed by atoms with Crippen molar-refractivity contribution in [2.24, 2.45) is 0 Å². The normalized spacial score (nSPS) is 10.3. The van der Waals surface area contributed by atoms with E-state index in [1.54, 1.807) is 52.1 Å². The van der Waals surface area contributed by atoms with Crippen LogP contribution in [0.3, 0.4) is 0 Å². The van der Waals surface area contributed by atoms with Crippen LogP contribution in [0.5, 0.6) is 0 Å². The average Bonchev–Trinajstić information content (AvgIpc) is 2.45. The second-order valence-electron chi connectivity index (χ2n) is 4.52. The van der Waals surface area contributed by atoms with Crippen LogP contribution in [0.25, 0.3) is 0 Å². The number of carboxylic acid groups (broad SMARTS) is 1. The Morgan fingerprint density at radius 2 is 1.90 bits per heavy atom. The zero-order chi connectivity index (χ0) is 15.2. The lowest BCUT2D eigenvalue weighted by atomic mass is 10.3. The molecule has 1 aromatic heterocycles. The number of rotatable bonds is 6. The number of pyridine rings is 1. The van der Waals surface area contributed by atoms with Crippen LogP contribution in [0, 0.1) is 0 Å². The highest BCUT2D eigenvalue weighted by Gasteiger charge is 2.11. The zero-order valence-corrected chi connectivity index (χ0v) is 12.0. The third kappa shape index (κ3) is 4.36. The Kier molecular flexibility index (Phi) is 5.00. The van der Waals surface area contributed by atoms with E-state index in [0.717, 1.165) is 5.69 Å². The molecule has 1 heterocycles. The molecule has 0 radical (unpaired) electrons. The van der Waals surface area contributed by atoms with E-state index in [2.05, 4.69) is 0 Å². The molecule has 2 rings (SSSR count). The van der Waals surface area contributed by atoms with Gasteiger partial charge in [0.2, 0.25) is 0 Å². The van der Waals surface area contributed by atoms with Gasteiger partial charge in [-0.05, 0) is 30.3 Å². The van der Waals surface area contributed by atoms with Gasteiger partial charge < -0.3 is 14.6 Å². The monoisotopic (exact) mass is 306 g/mol. The maximum Gasteiger partial charge on any atom is 0.323 e. The topological polar surface area (TPSA) is 62.5 Å². The lowest BCUT2D eigenvalue weighted by Crippen LogP contribution is -2.34. The number of carbonyl (C=O) groups is 1. The number of aliphatic carboxylic acids is 1. The maximum atomic E-state index is 11.6. The largest absolute Gasteiger partial charge is 0.480 e. The first-order chi connectivity index (χ1) is 10.1. The van der Waals surface area contributed by atoms with Gasteiger partial charge in [0.1, 0.15) is 6.54 Å². The Morgan fingerprint density at radius 3 is 2.52 bits per heavy atom. The molecule has 0 unspecified atom stereocenters. The number of hydrogen-bond acceptors (Lipinski definition) is 3. The SMILES string of the molecule is O=C(O)CN(CCn1ccccc1=O)c1ccc(Cl)cc1. The molecule has 0 fully saturated rings. The molecule has 1 aromatic carbocycles. The minimum Gasteiger partial charge on any atom is -0.480 e. The third-order valence-corrected chi connectivity index (χ3v) is 3.28. The Bertz CT molecular complexity index is 667. The fourth-order valence-corrected chi connectivity index (χ4v) is 2.11. The van der Waals surface area contributed by atoms with E-state index >= 15 is 0 Å². The third-order valence-electron chi connectivity index (χ3n) is 3.03. The van der Waals surface area contributed by atoms with Crippen molar-refractivity contribution in [3.05, 3.63) is 64.0 Å². The molecule has 0 amide bonds. The van der Waals surface area contributed by atoms with Crippen molar-refractivity contribution in [3.63, 3.8) is 0 Å². The van der Waals surface area contributed by atoms with Crippen LogP contribution >= 0.6 is 11.6 Å². The Morgan fingerprint density at radius 1 is 1.19 bits per heavy atom. The molecule has 5 nitrogen and oxygen atoms in total. The van der Waals surface area contributed by atoms with E-state index in [1.165, 1.54) is 6.07 Å². The summed E-state index contributed by atoms with van der Waals surface area (Å²) in [5.74, 6) is -0.926. The molecular formula is C15H15ClN2O3. The summed E-state index contributed by atoms with van der Waals surface area (Å²) in [6, 6.07) is 11.9. The number of halogens is 1. The number of carboxylic acids is 1. The molecule has 0 saturated carbocycles. The van der Waals surface area contributed by atoms with Gasteiger partial charge in [0.05, 0.1) is 0 Å². The number of nitrogens with zero attached hydrogens (tertiary/aromatic N) is 2. The van der Waals surface area contributed by atoms with Crippen LogP contribution in [0.4, 0.5) is 5.69 Å². The number of aromatic nitrogens is 1. The molecule has 110 valence electrons. The highest BCUT2D eigenvalue weighted by Crippen LogP contribution is 2.17. The van der Waals surface area contributed by atoms with Crippen LogP contribution in [-0.2, 0) is 11.3 Å². The molecular weight excluding hydrogens is 292 g/mol. The molecule has 6 heteroatoms. The zero-order valence-electron chi connectivity index (χ0n) is 11.3. The minimum absolute atomic E-state index is 0.108. The van der Waals surface area contributed by atoms with Crippen molar-refractivity contribution in [2.45, 2.75) is 6.54 Å². The molecule has 0 bridgehead atoms. The smallest absolute Gasteiger partial charge is 0.323 e. The molecule has 0 aliphatic heterocycles. The van der Waals surface area contributed by atoms with Gasteiger partial charge in [-0.25, -0.2) is 0 Å². The fraction of sp³-hybridized carbons (Fsp3) is 0.200. The second-order valence-corrected chi connectivity index (χ2v) is 4.96. The summed E-state index contributed by atoms with van der Waals surface area (Å²) >= 11 is 5.84. The van der Waals surface area contributed by atoms with Gasteiger partial charge in [0.15, 0.2) is 0 Å². The summed E-state index contributed by atoms with van der Waals surface area (Å²) in [4.78, 5) is 24.3. The van der Waals surface area contributed by atoms with Crippen LogP contribution < -0.4 is 10.5 Å². The van der Waals surface area contributed by atoms with Crippen molar-refractivity contribution < 1.29 is 9.90 Å². The summed E-state index contributed by atoms with van der Waals surface area (Å²) in [6.45, 7) is 0.691. The van der Waals surface area contributed by atoms with E-state index in [0.29, 0.717) is 18.1 Å². The minimum atomic E-state index is -0.926. The summed E-state index contributed by atoms with van der Waals surface area (Å²) < 4.78 is 1.55. The standard InChI is InChI=1S/C15H15ClN2O3/c16-12-4-6-13(7-5-12)18(11-15(20)21)10-9-17-8-2-1-3-14(17)19/h1-8H,9-11H2,(H,20,21). The van der Waals surface area contributed by atoms with Crippen molar-refractivity contribution in [2.75, 3.05) is 18.0 Å².